The van der Waals surface area contributed by atoms with E-state index in [1.165, 1.54) is 97.3 Å². The van der Waals surface area contributed by atoms with Gasteiger partial charge >= 0.3 is 71.6 Å². The van der Waals surface area contributed by atoms with Gasteiger partial charge in [-0.25, -0.2) is 0 Å². The molecule has 0 heterocycles. The molecule has 0 saturated carbocycles. The lowest BCUT2D eigenvalue weighted by Gasteiger charge is -2.16. The van der Waals surface area contributed by atoms with Crippen molar-refractivity contribution in [2.75, 3.05) is 42.7 Å². The minimum Gasteiger partial charge on any atom is -0.469 e. The Bertz CT molecular complexity index is 2540. The van der Waals surface area contributed by atoms with Gasteiger partial charge in [-0.1, -0.05) is 0 Å². The highest BCUT2D eigenvalue weighted by Crippen LogP contribution is 2.40. The second kappa shape index (κ2) is 35.4. The van der Waals surface area contributed by atoms with Gasteiger partial charge in [-0.3, -0.25) is 57.5 Å². The van der Waals surface area contributed by atoms with Gasteiger partial charge in [0.05, 0.1) is 42.7 Å². The van der Waals surface area contributed by atoms with Crippen molar-refractivity contribution >= 4 is 71.6 Å². The largest absolute Gasteiger partial charge is 0.469 e. The maximum absolute atomic E-state index is 13.3. The summed E-state index contributed by atoms with van der Waals surface area (Å²) in [5, 5.41) is 0. The van der Waals surface area contributed by atoms with Crippen LogP contribution in [-0.2, 0) is 86.0 Å². The van der Waals surface area contributed by atoms with Crippen LogP contribution in [0.25, 0.3) is 33.4 Å². The Hall–Kier alpha value is -9.48. The zero-order valence-electron chi connectivity index (χ0n) is 47.5. The third-order valence-electron chi connectivity index (χ3n) is 11.9. The average Bonchev–Trinajstić information content (AvgIpc) is 2.87. The second-order valence-electron chi connectivity index (χ2n) is 18.3. The van der Waals surface area contributed by atoms with Gasteiger partial charge in [0.2, 0.25) is 0 Å². The standard InChI is InChI=1S/C60H66O24/c1-73-49(61)13-7-19-55(67)79-43-28-40(29-44(34-43)80-56(68)20-8-14-50(62)74-2)37-25-38(41-30-45(81-57(69)21-9-15-51(63)75-3)35-46(31-41)82-58(70)22-10-16-52(64)76-4)27-39(26-37)42-32-47(83-59(71)23-11-17-53(65)77-5)36-48(33-42)84-60(72)24-12-18-54(66)78-6/h25-36H,7-24H2,1-6H3. The summed E-state index contributed by atoms with van der Waals surface area (Å²) in [6, 6.07) is 17.3. The van der Waals surface area contributed by atoms with Gasteiger partial charge in [-0.05, 0) is 127 Å². The van der Waals surface area contributed by atoms with Crippen molar-refractivity contribution in [3.8, 4) is 67.9 Å². The summed E-state index contributed by atoms with van der Waals surface area (Å²) in [4.78, 5) is 151. The second-order valence-corrected chi connectivity index (χ2v) is 18.3. The predicted molar refractivity (Wildman–Crippen MR) is 292 cm³/mol. The minimum atomic E-state index is -0.770. The van der Waals surface area contributed by atoms with Gasteiger partial charge in [-0.2, -0.15) is 0 Å². The van der Waals surface area contributed by atoms with Crippen LogP contribution < -0.4 is 28.4 Å². The normalized spacial score (nSPS) is 10.5. The molecule has 0 saturated heterocycles. The Kier molecular flexibility index (Phi) is 28.2. The fourth-order valence-corrected chi connectivity index (χ4v) is 7.67. The van der Waals surface area contributed by atoms with E-state index in [0.29, 0.717) is 0 Å². The Labute approximate surface area is 483 Å². The zero-order chi connectivity index (χ0) is 61.6. The molecule has 0 bridgehead atoms. The van der Waals surface area contributed by atoms with Crippen LogP contribution in [0.1, 0.15) is 116 Å². The van der Waals surface area contributed by atoms with E-state index in [4.69, 9.17) is 28.4 Å². The molecule has 0 amide bonds. The van der Waals surface area contributed by atoms with Crippen molar-refractivity contribution in [1.82, 2.24) is 0 Å². The van der Waals surface area contributed by atoms with Crippen LogP contribution in [0, 0.1) is 0 Å². The molecular formula is C60H66O24. The van der Waals surface area contributed by atoms with E-state index in [2.05, 4.69) is 28.4 Å². The molecule has 84 heavy (non-hydrogen) atoms. The lowest BCUT2D eigenvalue weighted by molar-refractivity contribution is -0.142. The molecule has 0 aliphatic heterocycles. The lowest BCUT2D eigenvalue weighted by atomic mass is 9.92. The third kappa shape index (κ3) is 24.7. The quantitative estimate of drug-likeness (QED) is 0.0246. The van der Waals surface area contributed by atoms with Gasteiger partial charge in [-0.15, -0.1) is 0 Å². The fraction of sp³-hybridized carbons (Fsp3) is 0.400. The Morgan fingerprint density at radius 2 is 0.333 bits per heavy atom. The summed E-state index contributed by atoms with van der Waals surface area (Å²) in [7, 11) is 7.22. The predicted octanol–water partition coefficient (Wildman–Crippen LogP) is 8.18. The Balaban J connectivity index is 2.02. The van der Waals surface area contributed by atoms with E-state index in [9.17, 15) is 57.5 Å². The molecule has 0 N–H and O–H groups in total. The Morgan fingerprint density at radius 1 is 0.202 bits per heavy atom. The Morgan fingerprint density at radius 3 is 0.476 bits per heavy atom. The molecule has 0 unspecified atom stereocenters. The van der Waals surface area contributed by atoms with Gasteiger partial charge in [0.15, 0.2) is 0 Å². The first kappa shape index (κ1) is 67.0. The van der Waals surface area contributed by atoms with Crippen molar-refractivity contribution in [3.05, 3.63) is 72.8 Å². The first-order valence-electron chi connectivity index (χ1n) is 26.5. The van der Waals surface area contributed by atoms with Crippen molar-refractivity contribution in [3.63, 3.8) is 0 Å². The number of carbonyl (C=O) groups excluding carboxylic acids is 12. The number of methoxy groups -OCH3 is 6. The molecule has 4 aromatic rings. The topological polar surface area (TPSA) is 316 Å². The van der Waals surface area contributed by atoms with Crippen molar-refractivity contribution in [2.24, 2.45) is 0 Å². The summed E-state index contributed by atoms with van der Waals surface area (Å²) >= 11 is 0. The molecule has 24 nitrogen and oxygen atoms in total. The third-order valence-corrected chi connectivity index (χ3v) is 11.9. The first-order valence-corrected chi connectivity index (χ1v) is 26.5. The van der Waals surface area contributed by atoms with E-state index in [-0.39, 0.29) is 183 Å². The monoisotopic (exact) mass is 1170 g/mol. The maximum Gasteiger partial charge on any atom is 0.311 e. The van der Waals surface area contributed by atoms with Crippen LogP contribution in [0.2, 0.25) is 0 Å². The van der Waals surface area contributed by atoms with Crippen LogP contribution in [0.5, 0.6) is 34.5 Å². The van der Waals surface area contributed by atoms with Gasteiger partial charge in [0.25, 0.3) is 0 Å². The van der Waals surface area contributed by atoms with Gasteiger partial charge in [0.1, 0.15) is 34.5 Å². The average molecular weight is 1170 g/mol. The molecule has 0 aliphatic carbocycles. The van der Waals surface area contributed by atoms with E-state index >= 15 is 0 Å². The number of benzene rings is 4. The number of hydrogen-bond donors (Lipinski definition) is 0. The lowest BCUT2D eigenvalue weighted by Crippen LogP contribution is -2.11. The number of esters is 12. The molecule has 0 aromatic heterocycles. The number of hydrogen-bond acceptors (Lipinski definition) is 24. The van der Waals surface area contributed by atoms with Crippen LogP contribution in [0.15, 0.2) is 72.8 Å². The molecular weight excluding hydrogens is 1100 g/mol. The van der Waals surface area contributed by atoms with Crippen LogP contribution in [-0.4, -0.2) is 114 Å². The molecule has 0 radical (unpaired) electrons. The molecule has 0 atom stereocenters. The zero-order valence-corrected chi connectivity index (χ0v) is 47.5. The van der Waals surface area contributed by atoms with Crippen LogP contribution in [0.4, 0.5) is 0 Å². The summed E-state index contributed by atoms with van der Waals surface area (Å²) in [5.74, 6) is -8.66. The van der Waals surface area contributed by atoms with E-state index in [1.54, 1.807) is 18.2 Å². The number of carbonyl (C=O) groups is 12. The molecule has 24 heteroatoms. The summed E-state index contributed by atoms with van der Waals surface area (Å²) in [6.45, 7) is 0. The van der Waals surface area contributed by atoms with Crippen LogP contribution in [0.3, 0.4) is 0 Å². The summed E-state index contributed by atoms with van der Waals surface area (Å²) < 4.78 is 62.5. The molecule has 4 aromatic carbocycles. The highest BCUT2D eigenvalue weighted by Gasteiger charge is 2.21. The molecule has 0 aliphatic rings. The molecule has 4 rings (SSSR count). The van der Waals surface area contributed by atoms with E-state index in [0.717, 1.165) is 0 Å². The van der Waals surface area contributed by atoms with Gasteiger partial charge < -0.3 is 56.8 Å². The molecule has 0 spiro atoms. The summed E-state index contributed by atoms with van der Waals surface area (Å²) in [5.41, 5.74) is 1.54. The van der Waals surface area contributed by atoms with Crippen molar-refractivity contribution in [2.45, 2.75) is 116 Å². The highest BCUT2D eigenvalue weighted by atomic mass is 16.6. The number of ether oxygens (including phenoxy) is 12. The van der Waals surface area contributed by atoms with Crippen molar-refractivity contribution < 1.29 is 114 Å². The molecule has 450 valence electrons. The van der Waals surface area contributed by atoms with E-state index < -0.39 is 71.6 Å². The smallest absolute Gasteiger partial charge is 0.311 e. The summed E-state index contributed by atoms with van der Waals surface area (Å²) in [6.07, 6.45) is -1.49. The fourth-order valence-electron chi connectivity index (χ4n) is 7.67. The SMILES string of the molecule is COC(=O)CCCC(=O)Oc1cc(OC(=O)CCCC(=O)OC)cc(-c2cc(-c3cc(OC(=O)CCCC(=O)OC)cc(OC(=O)CCCC(=O)OC)c3)cc(-c3cc(OC(=O)CCCC(=O)OC)cc(OC(=O)CCCC(=O)OC)c3)c2)c1. The molecule has 0 fully saturated rings. The minimum absolute atomic E-state index is 0.0674. The maximum atomic E-state index is 13.3. The van der Waals surface area contributed by atoms with E-state index in [1.807, 2.05) is 0 Å². The number of rotatable bonds is 33. The van der Waals surface area contributed by atoms with Crippen molar-refractivity contribution in [1.29, 1.82) is 0 Å². The first-order chi connectivity index (χ1) is 40.2. The highest BCUT2D eigenvalue weighted by molar-refractivity contribution is 5.87. The van der Waals surface area contributed by atoms with Gasteiger partial charge in [0, 0.05) is 95.2 Å². The van der Waals surface area contributed by atoms with Crippen LogP contribution >= 0.6 is 0 Å².